The largest absolute Gasteiger partial charge is 0.481 e. The van der Waals surface area contributed by atoms with E-state index in [2.05, 4.69) is 20.9 Å². The zero-order chi connectivity index (χ0) is 23.1. The van der Waals surface area contributed by atoms with Gasteiger partial charge in [0.25, 0.3) is 5.91 Å². The predicted octanol–water partition coefficient (Wildman–Crippen LogP) is 1.33. The molecule has 0 spiro atoms. The molecule has 11 heteroatoms. The lowest BCUT2D eigenvalue weighted by Gasteiger charge is -2.39. The molecule has 2 saturated heterocycles. The molecule has 0 bridgehead atoms. The molecule has 1 aromatic rings. The van der Waals surface area contributed by atoms with E-state index in [0.29, 0.717) is 58.5 Å². The molecule has 2 fully saturated rings. The Morgan fingerprint density at radius 1 is 1.25 bits per heavy atom. The number of ether oxygens (including phenoxy) is 2. The number of methoxy groups -OCH3 is 1. The third-order valence-corrected chi connectivity index (χ3v) is 6.04. The van der Waals surface area contributed by atoms with E-state index in [1.807, 2.05) is 0 Å². The molecule has 0 aromatic carbocycles. The van der Waals surface area contributed by atoms with Gasteiger partial charge in [-0.05, 0) is 51.8 Å². The van der Waals surface area contributed by atoms with Gasteiger partial charge in [-0.1, -0.05) is 11.6 Å². The fraction of sp³-hybridized carbons (Fsp3) is 0.619. The number of amides is 3. The van der Waals surface area contributed by atoms with Crippen molar-refractivity contribution in [1.29, 1.82) is 0 Å². The molecule has 2 aliphatic rings. The Kier molecular flexibility index (Phi) is 8.14. The lowest BCUT2D eigenvalue weighted by molar-refractivity contribution is -0.129. The number of hydrogen-bond acceptors (Lipinski definition) is 7. The monoisotopic (exact) mass is 467 g/mol. The van der Waals surface area contributed by atoms with Gasteiger partial charge in [0.05, 0.1) is 13.7 Å². The number of rotatable bonds is 6. The predicted molar refractivity (Wildman–Crippen MR) is 118 cm³/mol. The zero-order valence-electron chi connectivity index (χ0n) is 18.4. The molecule has 0 atom stereocenters. The first-order valence-corrected chi connectivity index (χ1v) is 11.2. The number of hydrogen-bond donors (Lipinski definition) is 3. The van der Waals surface area contributed by atoms with E-state index in [1.54, 1.807) is 11.8 Å². The fourth-order valence-electron chi connectivity index (χ4n) is 4.01. The lowest BCUT2D eigenvalue weighted by Crippen LogP contribution is -2.64. The van der Waals surface area contributed by atoms with Crippen LogP contribution in [0.1, 0.15) is 43.0 Å². The lowest BCUT2D eigenvalue weighted by atomic mass is 9.86. The van der Waals surface area contributed by atoms with Gasteiger partial charge in [0.1, 0.15) is 10.7 Å². The summed E-state index contributed by atoms with van der Waals surface area (Å²) in [5, 5.41) is 9.39. The van der Waals surface area contributed by atoms with Crippen LogP contribution in [0.25, 0.3) is 0 Å². The van der Waals surface area contributed by atoms with Gasteiger partial charge in [-0.2, -0.15) is 0 Å². The highest BCUT2D eigenvalue weighted by Gasteiger charge is 2.42. The van der Waals surface area contributed by atoms with Crippen LogP contribution in [0.4, 0.5) is 4.79 Å². The molecule has 3 rings (SSSR count). The summed E-state index contributed by atoms with van der Waals surface area (Å²) >= 11 is 6.00. The van der Waals surface area contributed by atoms with Gasteiger partial charge >= 0.3 is 6.09 Å². The Labute approximate surface area is 192 Å². The summed E-state index contributed by atoms with van der Waals surface area (Å²) in [7, 11) is 1.44. The smallest absolute Gasteiger partial charge is 0.409 e. The summed E-state index contributed by atoms with van der Waals surface area (Å²) in [5.41, 5.74) is -0.765. The third kappa shape index (κ3) is 5.80. The van der Waals surface area contributed by atoms with E-state index in [1.165, 1.54) is 19.2 Å². The van der Waals surface area contributed by atoms with Crippen molar-refractivity contribution >= 4 is 29.5 Å². The third-order valence-electron chi connectivity index (χ3n) is 5.84. The minimum absolute atomic E-state index is 0.0766. The molecule has 1 aromatic heterocycles. The van der Waals surface area contributed by atoms with Gasteiger partial charge in [-0.25, -0.2) is 9.78 Å². The first-order chi connectivity index (χ1) is 15.4. The van der Waals surface area contributed by atoms with Crippen molar-refractivity contribution in [3.63, 3.8) is 0 Å². The second-order valence-corrected chi connectivity index (χ2v) is 8.33. The van der Waals surface area contributed by atoms with Gasteiger partial charge in [-0.15, -0.1) is 0 Å². The summed E-state index contributed by atoms with van der Waals surface area (Å²) < 4.78 is 10.1. The maximum absolute atomic E-state index is 13.3. The summed E-state index contributed by atoms with van der Waals surface area (Å²) in [6.07, 6.45) is 1.85. The van der Waals surface area contributed by atoms with Crippen molar-refractivity contribution in [3.8, 4) is 5.88 Å². The number of halogens is 1. The van der Waals surface area contributed by atoms with E-state index in [9.17, 15) is 14.4 Å². The van der Waals surface area contributed by atoms with Crippen LogP contribution in [0.2, 0.25) is 5.15 Å². The second-order valence-electron chi connectivity index (χ2n) is 7.94. The Morgan fingerprint density at radius 3 is 2.56 bits per heavy atom. The van der Waals surface area contributed by atoms with E-state index < -0.39 is 11.4 Å². The molecule has 10 nitrogen and oxygen atoms in total. The molecule has 0 radical (unpaired) electrons. The summed E-state index contributed by atoms with van der Waals surface area (Å²) in [6, 6.07) is 2.85. The van der Waals surface area contributed by atoms with Gasteiger partial charge in [0.15, 0.2) is 0 Å². The number of likely N-dealkylation sites (tertiary alicyclic amines) is 1. The molecule has 3 amide bonds. The minimum atomic E-state index is -1.04. The highest BCUT2D eigenvalue weighted by Crippen LogP contribution is 2.23. The number of carbonyl (C=O) groups excluding carboxylic acids is 3. The van der Waals surface area contributed by atoms with Crippen LogP contribution in [0.15, 0.2) is 12.1 Å². The molecule has 0 saturated carbocycles. The number of nitrogens with zero attached hydrogens (tertiary/aromatic N) is 2. The standard InChI is InChI=1S/C21H30ClN5O5/c1-3-32-20(30)27-10-4-15(5-11-27)24-19(29)21(6-8-23-9-7-21)26-18(28)14-12-16(22)25-17(13-14)31-2/h12-13,15,23H,3-11H2,1-2H3,(H,24,29)(H,26,28). The number of pyridine rings is 1. The number of aromatic nitrogens is 1. The van der Waals surface area contributed by atoms with Gasteiger partial charge in [0.2, 0.25) is 11.8 Å². The Morgan fingerprint density at radius 2 is 1.94 bits per heavy atom. The van der Waals surface area contributed by atoms with Crippen LogP contribution in [0.5, 0.6) is 5.88 Å². The van der Waals surface area contributed by atoms with Crippen molar-refractivity contribution in [1.82, 2.24) is 25.8 Å². The van der Waals surface area contributed by atoms with E-state index in [4.69, 9.17) is 21.1 Å². The van der Waals surface area contributed by atoms with Crippen molar-refractivity contribution in [3.05, 3.63) is 22.8 Å². The van der Waals surface area contributed by atoms with Crippen molar-refractivity contribution in [2.75, 3.05) is 39.9 Å². The molecule has 176 valence electrons. The SMILES string of the molecule is CCOC(=O)N1CCC(NC(=O)C2(NC(=O)c3cc(Cl)nc(OC)c3)CCNCC2)CC1. The van der Waals surface area contributed by atoms with Gasteiger partial charge in [0, 0.05) is 30.8 Å². The van der Waals surface area contributed by atoms with Crippen LogP contribution in [0.3, 0.4) is 0 Å². The van der Waals surface area contributed by atoms with Crippen LogP contribution >= 0.6 is 11.6 Å². The zero-order valence-corrected chi connectivity index (χ0v) is 19.2. The molecule has 2 aliphatic heterocycles. The molecule has 0 aliphatic carbocycles. The van der Waals surface area contributed by atoms with E-state index in [0.717, 1.165) is 0 Å². The first kappa shape index (κ1) is 24.1. The Balaban J connectivity index is 1.66. The van der Waals surface area contributed by atoms with Crippen molar-refractivity contribution in [2.24, 2.45) is 0 Å². The molecule has 32 heavy (non-hydrogen) atoms. The molecular weight excluding hydrogens is 438 g/mol. The Bertz CT molecular complexity index is 838. The number of carbonyl (C=O) groups is 3. The summed E-state index contributed by atoms with van der Waals surface area (Å²) in [6.45, 7) is 4.35. The van der Waals surface area contributed by atoms with Gasteiger partial charge in [-0.3, -0.25) is 9.59 Å². The Hall–Kier alpha value is -2.59. The maximum atomic E-state index is 13.3. The van der Waals surface area contributed by atoms with Crippen LogP contribution in [0, 0.1) is 0 Å². The average molecular weight is 468 g/mol. The van der Waals surface area contributed by atoms with Crippen LogP contribution < -0.4 is 20.7 Å². The second kappa shape index (κ2) is 10.8. The van der Waals surface area contributed by atoms with Crippen LogP contribution in [-0.4, -0.2) is 79.3 Å². The van der Waals surface area contributed by atoms with E-state index in [-0.39, 0.29) is 34.6 Å². The first-order valence-electron chi connectivity index (χ1n) is 10.8. The van der Waals surface area contributed by atoms with Crippen LogP contribution in [-0.2, 0) is 9.53 Å². The maximum Gasteiger partial charge on any atom is 0.409 e. The van der Waals surface area contributed by atoms with Crippen molar-refractivity contribution in [2.45, 2.75) is 44.2 Å². The molecule has 3 N–H and O–H groups in total. The topological polar surface area (TPSA) is 122 Å². The minimum Gasteiger partial charge on any atom is -0.481 e. The average Bonchev–Trinajstić information content (AvgIpc) is 2.79. The highest BCUT2D eigenvalue weighted by atomic mass is 35.5. The summed E-state index contributed by atoms with van der Waals surface area (Å²) in [4.78, 5) is 43.9. The quantitative estimate of drug-likeness (QED) is 0.539. The number of piperidine rings is 2. The van der Waals surface area contributed by atoms with Crippen molar-refractivity contribution < 1.29 is 23.9 Å². The highest BCUT2D eigenvalue weighted by molar-refractivity contribution is 6.29. The summed E-state index contributed by atoms with van der Waals surface area (Å²) in [5.74, 6) is -0.407. The van der Waals surface area contributed by atoms with E-state index >= 15 is 0 Å². The molecule has 0 unspecified atom stereocenters. The fourth-order valence-corrected chi connectivity index (χ4v) is 4.21. The number of nitrogens with one attached hydrogen (secondary N) is 3. The van der Waals surface area contributed by atoms with Gasteiger partial charge < -0.3 is 30.3 Å². The molecular formula is C21H30ClN5O5. The molecule has 3 heterocycles. The normalized spacial score (nSPS) is 18.5.